The Morgan fingerprint density at radius 1 is 1.17 bits per heavy atom. The molecule has 0 radical (unpaired) electrons. The van der Waals surface area contributed by atoms with E-state index in [1.165, 1.54) is 39.9 Å². The van der Waals surface area contributed by atoms with Crippen molar-refractivity contribution in [2.24, 2.45) is 5.92 Å². The first-order chi connectivity index (χ1) is 14.3. The monoisotopic (exact) mass is 483 g/mol. The van der Waals surface area contributed by atoms with Crippen LogP contribution in [-0.2, 0) is 10.0 Å². The second kappa shape index (κ2) is 8.43. The van der Waals surface area contributed by atoms with E-state index in [4.69, 9.17) is 23.2 Å². The van der Waals surface area contributed by atoms with Crippen LogP contribution < -0.4 is 5.32 Å². The average Bonchev–Trinajstić information content (AvgIpc) is 3.16. The van der Waals surface area contributed by atoms with Crippen molar-refractivity contribution in [1.29, 1.82) is 0 Å². The first-order valence-electron chi connectivity index (χ1n) is 9.42. The molecule has 1 amide bonds. The summed E-state index contributed by atoms with van der Waals surface area (Å²) in [6.07, 6.45) is 1.89. The number of carbonyl (C=O) groups is 1. The molecule has 6 nitrogen and oxygen atoms in total. The summed E-state index contributed by atoms with van der Waals surface area (Å²) in [5, 5.41) is 4.05. The van der Waals surface area contributed by atoms with E-state index in [0.717, 1.165) is 12.8 Å². The molecule has 0 spiro atoms. The fourth-order valence-electron chi connectivity index (χ4n) is 3.46. The number of thiazole rings is 1. The average molecular weight is 484 g/mol. The lowest BCUT2D eigenvalue weighted by atomic mass is 10.0. The number of sulfonamides is 1. The van der Waals surface area contributed by atoms with Crippen LogP contribution in [0.15, 0.2) is 41.3 Å². The van der Waals surface area contributed by atoms with E-state index >= 15 is 0 Å². The lowest BCUT2D eigenvalue weighted by Gasteiger charge is -2.30. The lowest BCUT2D eigenvalue weighted by molar-refractivity contribution is 0.102. The van der Waals surface area contributed by atoms with Crippen molar-refractivity contribution in [3.8, 4) is 0 Å². The zero-order chi connectivity index (χ0) is 21.5. The number of piperidine rings is 1. The highest BCUT2D eigenvalue weighted by Gasteiger charge is 2.28. The maximum Gasteiger partial charge on any atom is 0.257 e. The highest BCUT2D eigenvalue weighted by atomic mass is 35.5. The molecular weight excluding hydrogens is 465 g/mol. The standard InChI is InChI=1S/C20H19Cl2N3O3S2/c1-12-3-2-10-25(11-12)30(27,28)14-6-4-13(5-7-14)19(26)24-20-23-17-15(21)8-9-16(22)18(17)29-20/h4-9,12H,2-3,10-11H2,1H3,(H,23,24,26). The number of hydrogen-bond acceptors (Lipinski definition) is 5. The summed E-state index contributed by atoms with van der Waals surface area (Å²) in [7, 11) is -3.56. The highest BCUT2D eigenvalue weighted by molar-refractivity contribution is 7.89. The smallest absolute Gasteiger partial charge is 0.257 e. The van der Waals surface area contributed by atoms with Gasteiger partial charge in [-0.15, -0.1) is 0 Å². The molecular formula is C20H19Cl2N3O3S2. The molecule has 158 valence electrons. The summed E-state index contributed by atoms with van der Waals surface area (Å²) in [5.41, 5.74) is 0.860. The zero-order valence-electron chi connectivity index (χ0n) is 16.1. The number of carbonyl (C=O) groups excluding carboxylic acids is 1. The largest absolute Gasteiger partial charge is 0.298 e. The molecule has 30 heavy (non-hydrogen) atoms. The minimum atomic E-state index is -3.56. The predicted molar refractivity (Wildman–Crippen MR) is 121 cm³/mol. The molecule has 1 fully saturated rings. The maximum atomic E-state index is 12.9. The molecule has 0 bridgehead atoms. The van der Waals surface area contributed by atoms with Crippen LogP contribution in [0.2, 0.25) is 10.0 Å². The number of benzene rings is 2. The summed E-state index contributed by atoms with van der Waals surface area (Å²) >= 11 is 13.5. The van der Waals surface area contributed by atoms with Crippen molar-refractivity contribution in [2.45, 2.75) is 24.7 Å². The molecule has 0 aliphatic carbocycles. The number of rotatable bonds is 4. The van der Waals surface area contributed by atoms with Gasteiger partial charge in [-0.1, -0.05) is 41.5 Å². The van der Waals surface area contributed by atoms with Gasteiger partial charge in [-0.2, -0.15) is 4.31 Å². The predicted octanol–water partition coefficient (Wildman–Crippen LogP) is 5.28. The fourth-order valence-corrected chi connectivity index (χ4v) is 6.47. The second-order valence-corrected chi connectivity index (χ2v) is 11.1. The first kappa shape index (κ1) is 21.5. The van der Waals surface area contributed by atoms with Crippen molar-refractivity contribution in [2.75, 3.05) is 18.4 Å². The zero-order valence-corrected chi connectivity index (χ0v) is 19.2. The van der Waals surface area contributed by atoms with E-state index in [9.17, 15) is 13.2 Å². The Bertz CT molecular complexity index is 1170. The minimum Gasteiger partial charge on any atom is -0.298 e. The number of halogens is 2. The molecule has 1 aliphatic heterocycles. The summed E-state index contributed by atoms with van der Waals surface area (Å²) in [6.45, 7) is 3.10. The summed E-state index contributed by atoms with van der Waals surface area (Å²) in [6, 6.07) is 9.27. The van der Waals surface area contributed by atoms with E-state index in [1.807, 2.05) is 0 Å². The van der Waals surface area contributed by atoms with Crippen molar-refractivity contribution in [1.82, 2.24) is 9.29 Å². The SMILES string of the molecule is CC1CCCN(S(=O)(=O)c2ccc(C(=O)Nc3nc4c(Cl)ccc(Cl)c4s3)cc2)C1. The third kappa shape index (κ3) is 4.20. The van der Waals surface area contributed by atoms with Gasteiger partial charge in [0, 0.05) is 18.7 Å². The van der Waals surface area contributed by atoms with Gasteiger partial charge in [0.05, 0.1) is 19.6 Å². The summed E-state index contributed by atoms with van der Waals surface area (Å²) in [4.78, 5) is 17.1. The fraction of sp³-hybridized carbons (Fsp3) is 0.300. The van der Waals surface area contributed by atoms with E-state index < -0.39 is 15.9 Å². The van der Waals surface area contributed by atoms with Crippen LogP contribution in [0.25, 0.3) is 10.2 Å². The Morgan fingerprint density at radius 3 is 2.53 bits per heavy atom. The van der Waals surface area contributed by atoms with Crippen LogP contribution in [0.5, 0.6) is 0 Å². The van der Waals surface area contributed by atoms with Gasteiger partial charge in [0.25, 0.3) is 5.91 Å². The van der Waals surface area contributed by atoms with E-state index in [2.05, 4.69) is 17.2 Å². The molecule has 1 unspecified atom stereocenters. The van der Waals surface area contributed by atoms with Crippen LogP contribution in [0.4, 0.5) is 5.13 Å². The van der Waals surface area contributed by atoms with Crippen molar-refractivity contribution in [3.05, 3.63) is 52.0 Å². The Morgan fingerprint density at radius 2 is 1.87 bits per heavy atom. The number of anilines is 1. The normalized spacial score (nSPS) is 17.9. The molecule has 0 saturated carbocycles. The lowest BCUT2D eigenvalue weighted by Crippen LogP contribution is -2.39. The molecule has 1 aliphatic rings. The van der Waals surface area contributed by atoms with Gasteiger partial charge < -0.3 is 0 Å². The molecule has 1 aromatic heterocycles. The van der Waals surface area contributed by atoms with Gasteiger partial charge in [-0.3, -0.25) is 10.1 Å². The molecule has 4 rings (SSSR count). The molecule has 1 atom stereocenters. The topological polar surface area (TPSA) is 79.4 Å². The van der Waals surface area contributed by atoms with Crippen LogP contribution in [0, 0.1) is 5.92 Å². The number of nitrogens with zero attached hydrogens (tertiary/aromatic N) is 2. The number of nitrogens with one attached hydrogen (secondary N) is 1. The van der Waals surface area contributed by atoms with Crippen LogP contribution in [-0.4, -0.2) is 36.7 Å². The molecule has 1 N–H and O–H groups in total. The van der Waals surface area contributed by atoms with Crippen molar-refractivity contribution in [3.63, 3.8) is 0 Å². The van der Waals surface area contributed by atoms with Crippen molar-refractivity contribution >= 4 is 65.8 Å². The highest BCUT2D eigenvalue weighted by Crippen LogP contribution is 2.36. The first-order valence-corrected chi connectivity index (χ1v) is 12.4. The number of aromatic nitrogens is 1. The number of fused-ring (bicyclic) bond motifs is 1. The Hall–Kier alpha value is -1.71. The Balaban J connectivity index is 1.52. The van der Waals surface area contributed by atoms with Gasteiger partial charge in [-0.25, -0.2) is 13.4 Å². The van der Waals surface area contributed by atoms with E-state index in [-0.39, 0.29) is 4.90 Å². The van der Waals surface area contributed by atoms with Crippen LogP contribution in [0.1, 0.15) is 30.1 Å². The third-order valence-electron chi connectivity index (χ3n) is 5.04. The third-order valence-corrected chi connectivity index (χ3v) is 8.66. The van der Waals surface area contributed by atoms with Gasteiger partial charge in [0.1, 0.15) is 5.52 Å². The Labute approximate surface area is 188 Å². The molecule has 3 aromatic rings. The number of hydrogen-bond donors (Lipinski definition) is 1. The molecule has 2 heterocycles. The molecule has 2 aromatic carbocycles. The quantitative estimate of drug-likeness (QED) is 0.547. The van der Waals surface area contributed by atoms with Gasteiger partial charge in [0.15, 0.2) is 5.13 Å². The van der Waals surface area contributed by atoms with E-state index in [0.29, 0.717) is 50.0 Å². The van der Waals surface area contributed by atoms with Gasteiger partial charge >= 0.3 is 0 Å². The number of amides is 1. The van der Waals surface area contributed by atoms with Crippen LogP contribution in [0.3, 0.4) is 0 Å². The minimum absolute atomic E-state index is 0.187. The maximum absolute atomic E-state index is 12.9. The van der Waals surface area contributed by atoms with Crippen LogP contribution >= 0.6 is 34.5 Å². The summed E-state index contributed by atoms with van der Waals surface area (Å²) in [5.74, 6) is -0.0498. The second-order valence-electron chi connectivity index (χ2n) is 7.31. The van der Waals surface area contributed by atoms with Gasteiger partial charge in [0.2, 0.25) is 10.0 Å². The summed E-state index contributed by atoms with van der Waals surface area (Å²) < 4.78 is 27.9. The van der Waals surface area contributed by atoms with Gasteiger partial charge in [-0.05, 0) is 55.2 Å². The molecule has 10 heteroatoms. The Kier molecular flexibility index (Phi) is 6.05. The van der Waals surface area contributed by atoms with Crippen molar-refractivity contribution < 1.29 is 13.2 Å². The molecule has 1 saturated heterocycles. The van der Waals surface area contributed by atoms with E-state index in [1.54, 1.807) is 12.1 Å².